The van der Waals surface area contributed by atoms with Crippen LogP contribution >= 0.6 is 23.2 Å². The molecule has 3 rings (SSSR count). The van der Waals surface area contributed by atoms with E-state index in [1.165, 1.54) is 6.07 Å². The lowest BCUT2D eigenvalue weighted by Gasteiger charge is -2.09. The Hall–Kier alpha value is -1.98. The lowest BCUT2D eigenvalue weighted by atomic mass is 10.1. The maximum Gasteiger partial charge on any atom is 0.198 e. The van der Waals surface area contributed by atoms with Gasteiger partial charge in [-0.3, -0.25) is 0 Å². The van der Waals surface area contributed by atoms with Crippen molar-refractivity contribution >= 4 is 23.2 Å². The van der Waals surface area contributed by atoms with Crippen molar-refractivity contribution in [2.45, 2.75) is 0 Å². The fraction of sp³-hybridized carbons (Fsp3) is 0.0714. The van der Waals surface area contributed by atoms with Crippen LogP contribution in [0.25, 0.3) is 22.8 Å². The van der Waals surface area contributed by atoms with E-state index in [9.17, 15) is 4.39 Å². The summed E-state index contributed by atoms with van der Waals surface area (Å²) in [7, 11) is 1.80. The summed E-state index contributed by atoms with van der Waals surface area (Å²) >= 11 is 12.3. The van der Waals surface area contributed by atoms with Crippen LogP contribution in [0.3, 0.4) is 0 Å². The molecule has 106 valence electrons. The summed E-state index contributed by atoms with van der Waals surface area (Å²) < 4.78 is 15.6. The van der Waals surface area contributed by atoms with Gasteiger partial charge in [0.25, 0.3) is 0 Å². The first-order valence-corrected chi connectivity index (χ1v) is 6.79. The highest BCUT2D eigenvalue weighted by atomic mass is 35.5. The van der Waals surface area contributed by atoms with E-state index in [4.69, 9.17) is 23.2 Å². The lowest BCUT2D eigenvalue weighted by molar-refractivity contribution is 0.631. The van der Waals surface area contributed by atoms with E-state index in [0.29, 0.717) is 5.82 Å². The molecule has 0 spiro atoms. The first-order valence-electron chi connectivity index (χ1n) is 6.03. The summed E-state index contributed by atoms with van der Waals surface area (Å²) in [4.78, 5) is 12.5. The highest BCUT2D eigenvalue weighted by Gasteiger charge is 2.18. The predicted octanol–water partition coefficient (Wildman–Crippen LogP) is 3.99. The zero-order valence-electron chi connectivity index (χ0n) is 10.9. The van der Waals surface area contributed by atoms with Gasteiger partial charge in [-0.2, -0.15) is 0 Å². The number of aryl methyl sites for hydroxylation is 1. The molecule has 0 atom stereocenters. The second kappa shape index (κ2) is 5.42. The largest absolute Gasteiger partial charge is 0.331 e. The van der Waals surface area contributed by atoms with Gasteiger partial charge < -0.3 is 4.57 Å². The van der Waals surface area contributed by atoms with E-state index in [1.54, 1.807) is 42.2 Å². The summed E-state index contributed by atoms with van der Waals surface area (Å²) in [5, 5.41) is 0.163. The van der Waals surface area contributed by atoms with Crippen LogP contribution in [0.2, 0.25) is 10.3 Å². The van der Waals surface area contributed by atoms with Gasteiger partial charge >= 0.3 is 0 Å². The summed E-state index contributed by atoms with van der Waals surface area (Å²) in [6.45, 7) is 0. The Kier molecular flexibility index (Phi) is 3.61. The van der Waals surface area contributed by atoms with Gasteiger partial charge in [-0.25, -0.2) is 19.3 Å². The van der Waals surface area contributed by atoms with Crippen molar-refractivity contribution in [3.8, 4) is 22.8 Å². The van der Waals surface area contributed by atoms with Crippen LogP contribution in [0.5, 0.6) is 0 Å². The Bertz CT molecular complexity index is 793. The molecule has 0 bridgehead atoms. The van der Waals surface area contributed by atoms with Crippen LogP contribution in [0.1, 0.15) is 0 Å². The second-order valence-electron chi connectivity index (χ2n) is 4.35. The van der Waals surface area contributed by atoms with Gasteiger partial charge in [0, 0.05) is 25.0 Å². The number of hydrogen-bond acceptors (Lipinski definition) is 3. The first kappa shape index (κ1) is 14.0. The van der Waals surface area contributed by atoms with Crippen LogP contribution in [-0.4, -0.2) is 19.5 Å². The lowest BCUT2D eigenvalue weighted by Crippen LogP contribution is -2.00. The maximum atomic E-state index is 13.9. The van der Waals surface area contributed by atoms with Gasteiger partial charge in [-0.05, 0) is 6.07 Å². The summed E-state index contributed by atoms with van der Waals surface area (Å²) in [5.74, 6) is 0.381. The summed E-state index contributed by atoms with van der Waals surface area (Å²) in [5.41, 5.74) is 0.535. The molecule has 0 aliphatic carbocycles. The standard InChI is InChI=1S/C14H9Cl2FN4/c1-21-7-6-18-14(21)13-19-11(15)10(12(16)20-13)8-4-2-3-5-9(8)17/h2-7H,1H3. The monoisotopic (exact) mass is 322 g/mol. The molecule has 0 saturated carbocycles. The molecular weight excluding hydrogens is 314 g/mol. The average Bonchev–Trinajstić information content (AvgIpc) is 2.86. The molecule has 1 aromatic carbocycles. The third kappa shape index (κ3) is 2.50. The molecule has 0 amide bonds. The van der Waals surface area contributed by atoms with E-state index in [-0.39, 0.29) is 27.3 Å². The SMILES string of the molecule is Cn1ccnc1-c1nc(Cl)c(-c2ccccc2F)c(Cl)n1. The van der Waals surface area contributed by atoms with E-state index in [2.05, 4.69) is 15.0 Å². The Morgan fingerprint density at radius 1 is 1.10 bits per heavy atom. The molecule has 0 unspecified atom stereocenters. The molecule has 0 fully saturated rings. The van der Waals surface area contributed by atoms with E-state index >= 15 is 0 Å². The van der Waals surface area contributed by atoms with Gasteiger partial charge in [-0.15, -0.1) is 0 Å². The number of nitrogens with zero attached hydrogens (tertiary/aromatic N) is 4. The van der Waals surface area contributed by atoms with Gasteiger partial charge in [0.05, 0.1) is 5.56 Å². The van der Waals surface area contributed by atoms with Crippen molar-refractivity contribution in [2.75, 3.05) is 0 Å². The summed E-state index contributed by atoms with van der Waals surface area (Å²) in [6.07, 6.45) is 3.37. The smallest absolute Gasteiger partial charge is 0.198 e. The molecule has 3 aromatic rings. The molecule has 0 N–H and O–H groups in total. The molecule has 7 heteroatoms. The highest BCUT2D eigenvalue weighted by Crippen LogP contribution is 2.35. The molecule has 0 radical (unpaired) electrons. The Morgan fingerprint density at radius 3 is 2.33 bits per heavy atom. The predicted molar refractivity (Wildman–Crippen MR) is 79.6 cm³/mol. The minimum Gasteiger partial charge on any atom is -0.331 e. The fourth-order valence-corrected chi connectivity index (χ4v) is 2.57. The first-order chi connectivity index (χ1) is 10.1. The van der Waals surface area contributed by atoms with Crippen LogP contribution in [0.15, 0.2) is 36.7 Å². The van der Waals surface area contributed by atoms with Crippen LogP contribution < -0.4 is 0 Å². The zero-order chi connectivity index (χ0) is 15.0. The minimum atomic E-state index is -0.436. The third-order valence-corrected chi connectivity index (χ3v) is 3.53. The molecule has 0 aliphatic heterocycles. The number of rotatable bonds is 2. The second-order valence-corrected chi connectivity index (χ2v) is 5.06. The number of benzene rings is 1. The Labute approximate surface area is 130 Å². The fourth-order valence-electron chi connectivity index (χ4n) is 1.98. The van der Waals surface area contributed by atoms with Gasteiger partial charge in [0.2, 0.25) is 0 Å². The zero-order valence-corrected chi connectivity index (χ0v) is 12.4. The van der Waals surface area contributed by atoms with Crippen molar-refractivity contribution in [3.63, 3.8) is 0 Å². The number of imidazole rings is 1. The Balaban J connectivity index is 2.18. The number of hydrogen-bond donors (Lipinski definition) is 0. The average molecular weight is 323 g/mol. The molecule has 2 aromatic heterocycles. The maximum absolute atomic E-state index is 13.9. The molecule has 0 aliphatic rings. The number of halogens is 3. The molecule has 2 heterocycles. The topological polar surface area (TPSA) is 43.6 Å². The minimum absolute atomic E-state index is 0.0816. The van der Waals surface area contributed by atoms with Crippen molar-refractivity contribution in [2.24, 2.45) is 7.05 Å². The normalized spacial score (nSPS) is 10.9. The molecular formula is C14H9Cl2FN4. The van der Waals surface area contributed by atoms with E-state index in [1.807, 2.05) is 0 Å². The highest BCUT2D eigenvalue weighted by molar-refractivity contribution is 6.37. The van der Waals surface area contributed by atoms with Crippen LogP contribution in [-0.2, 0) is 7.05 Å². The van der Waals surface area contributed by atoms with Crippen molar-refractivity contribution in [1.29, 1.82) is 0 Å². The number of aromatic nitrogens is 4. The van der Waals surface area contributed by atoms with Crippen LogP contribution in [0, 0.1) is 5.82 Å². The van der Waals surface area contributed by atoms with Crippen molar-refractivity contribution in [3.05, 3.63) is 52.8 Å². The third-order valence-electron chi connectivity index (χ3n) is 2.99. The van der Waals surface area contributed by atoms with E-state index in [0.717, 1.165) is 0 Å². The van der Waals surface area contributed by atoms with Crippen molar-refractivity contribution in [1.82, 2.24) is 19.5 Å². The molecule has 21 heavy (non-hydrogen) atoms. The van der Waals surface area contributed by atoms with Crippen molar-refractivity contribution < 1.29 is 4.39 Å². The molecule has 0 saturated heterocycles. The van der Waals surface area contributed by atoms with Gasteiger partial charge in [0.1, 0.15) is 16.1 Å². The quantitative estimate of drug-likeness (QED) is 0.670. The van der Waals surface area contributed by atoms with Crippen LogP contribution in [0.4, 0.5) is 4.39 Å². The van der Waals surface area contributed by atoms with E-state index < -0.39 is 5.82 Å². The molecule has 4 nitrogen and oxygen atoms in total. The summed E-state index contributed by atoms with van der Waals surface area (Å²) in [6, 6.07) is 6.18. The van der Waals surface area contributed by atoms with Gasteiger partial charge in [-0.1, -0.05) is 41.4 Å². The van der Waals surface area contributed by atoms with Gasteiger partial charge in [0.15, 0.2) is 11.6 Å². The Morgan fingerprint density at radius 2 is 1.76 bits per heavy atom.